The first-order valence-electron chi connectivity index (χ1n) is 10.4. The molecule has 2 bridgehead atoms. The van der Waals surface area contributed by atoms with E-state index in [0.717, 1.165) is 18.9 Å². The Labute approximate surface area is 196 Å². The summed E-state index contributed by atoms with van der Waals surface area (Å²) >= 11 is 5.65. The van der Waals surface area contributed by atoms with E-state index in [9.17, 15) is 14.0 Å². The number of rotatable bonds is 10. The van der Waals surface area contributed by atoms with Crippen molar-refractivity contribution in [3.05, 3.63) is 29.0 Å². The maximum Gasteiger partial charge on any atom is 0.508 e. The van der Waals surface area contributed by atoms with E-state index in [0.29, 0.717) is 19.3 Å². The van der Waals surface area contributed by atoms with Gasteiger partial charge < -0.3 is 39.2 Å². The molecule has 1 atom stereocenters. The average molecular weight is 509 g/mol. The monoisotopic (exact) mass is 508 g/mol. The average Bonchev–Trinajstić information content (AvgIpc) is 2.78. The molecule has 1 amide bonds. The molecule has 0 saturated heterocycles. The van der Waals surface area contributed by atoms with Crippen LogP contribution in [0.3, 0.4) is 0 Å². The van der Waals surface area contributed by atoms with Gasteiger partial charge in [0.2, 0.25) is 0 Å². The van der Waals surface area contributed by atoms with Gasteiger partial charge in [-0.2, -0.15) is 0 Å². The number of ether oxygens (including phenoxy) is 3. The summed E-state index contributed by atoms with van der Waals surface area (Å²) in [6.45, 7) is -0.753. The highest BCUT2D eigenvalue weighted by Crippen LogP contribution is 2.48. The van der Waals surface area contributed by atoms with Crippen molar-refractivity contribution in [2.75, 3.05) is 26.9 Å². The maximum absolute atomic E-state index is 13.6. The van der Waals surface area contributed by atoms with Crippen LogP contribution in [0.2, 0.25) is 5.02 Å². The highest BCUT2D eigenvalue weighted by atomic mass is 35.5. The summed E-state index contributed by atoms with van der Waals surface area (Å²) in [5, 5.41) is 6.23. The van der Waals surface area contributed by atoms with E-state index in [1.165, 1.54) is 12.1 Å². The van der Waals surface area contributed by atoms with Crippen molar-refractivity contribution in [3.8, 4) is 5.75 Å². The Morgan fingerprint density at radius 1 is 1.24 bits per heavy atom. The molecule has 4 N–H and O–H groups in total. The van der Waals surface area contributed by atoms with E-state index >= 15 is 0 Å². The van der Waals surface area contributed by atoms with Crippen molar-refractivity contribution < 1.29 is 42.5 Å². The second-order valence-electron chi connectivity index (χ2n) is 8.09. The largest absolute Gasteiger partial charge is 0.508 e. The van der Waals surface area contributed by atoms with Gasteiger partial charge in [-0.3, -0.25) is 4.79 Å². The molecular weight excluding hydrogens is 482 g/mol. The van der Waals surface area contributed by atoms with Crippen molar-refractivity contribution in [3.63, 3.8) is 0 Å². The van der Waals surface area contributed by atoms with Crippen LogP contribution in [0.25, 0.3) is 0 Å². The summed E-state index contributed by atoms with van der Waals surface area (Å²) in [4.78, 5) is 42.3. The Bertz CT molecular complexity index is 853. The molecule has 3 aliphatic carbocycles. The standard InChI is InChI=1S/C20H27ClFN2O8P/c1-23-19-4-6-20(7-5-19,16(11-19)32-18(26)29-8-9-31-33(27)28)24-17(25)12-30-13-2-3-14(21)15(22)10-13/h2-3,10,16,23,27-28H,4-9,11-12H2,1H3,(H,24,25). The highest BCUT2D eigenvalue weighted by Gasteiger charge is 2.56. The summed E-state index contributed by atoms with van der Waals surface area (Å²) in [5.41, 5.74) is -0.994. The van der Waals surface area contributed by atoms with E-state index in [1.807, 2.05) is 7.05 Å². The van der Waals surface area contributed by atoms with Gasteiger partial charge >= 0.3 is 14.8 Å². The topological polar surface area (TPSA) is 136 Å². The highest BCUT2D eigenvalue weighted by molar-refractivity contribution is 7.39. The molecule has 1 aromatic rings. The predicted molar refractivity (Wildman–Crippen MR) is 116 cm³/mol. The molecular formula is C20H27ClFN2O8P. The lowest BCUT2D eigenvalue weighted by Crippen LogP contribution is -2.70. The zero-order valence-corrected chi connectivity index (χ0v) is 19.7. The number of carbonyl (C=O) groups excluding carboxylic acids is 2. The third kappa shape index (κ3) is 6.65. The molecule has 1 aromatic carbocycles. The van der Waals surface area contributed by atoms with Crippen LogP contribution >= 0.6 is 20.2 Å². The Morgan fingerprint density at radius 2 is 1.97 bits per heavy atom. The lowest BCUT2D eigenvalue weighted by atomic mass is 9.60. The van der Waals surface area contributed by atoms with Gasteiger partial charge in [0.25, 0.3) is 5.91 Å². The van der Waals surface area contributed by atoms with E-state index in [1.54, 1.807) is 0 Å². The van der Waals surface area contributed by atoms with Gasteiger partial charge in [0, 0.05) is 18.0 Å². The fraction of sp³-hybridized carbons (Fsp3) is 0.600. The number of nitrogens with one attached hydrogen (secondary N) is 2. The van der Waals surface area contributed by atoms with Crippen LogP contribution in [0.1, 0.15) is 32.1 Å². The number of benzene rings is 1. The van der Waals surface area contributed by atoms with Gasteiger partial charge in [-0.25, -0.2) is 9.18 Å². The molecule has 4 rings (SSSR count). The number of amides is 1. The second-order valence-corrected chi connectivity index (χ2v) is 9.27. The maximum atomic E-state index is 13.6. The molecule has 0 spiro atoms. The molecule has 0 heterocycles. The van der Waals surface area contributed by atoms with Crippen molar-refractivity contribution in [2.24, 2.45) is 0 Å². The lowest BCUT2D eigenvalue weighted by Gasteiger charge is -2.56. The SMILES string of the molecule is CNC12CCC(NC(=O)COc3ccc(Cl)c(F)c3)(CC1)C(OC(=O)OCCOP(O)O)C2. The zero-order valence-electron chi connectivity index (χ0n) is 18.0. The molecule has 33 heavy (non-hydrogen) atoms. The van der Waals surface area contributed by atoms with Crippen LogP contribution in [0.15, 0.2) is 18.2 Å². The zero-order chi connectivity index (χ0) is 24.1. The predicted octanol–water partition coefficient (Wildman–Crippen LogP) is 2.40. The van der Waals surface area contributed by atoms with Crippen LogP contribution in [0.4, 0.5) is 9.18 Å². The molecule has 0 aliphatic heterocycles. The lowest BCUT2D eigenvalue weighted by molar-refractivity contribution is -0.134. The van der Waals surface area contributed by atoms with E-state index in [4.69, 9.17) is 35.6 Å². The third-order valence-corrected chi connectivity index (χ3v) is 6.94. The summed E-state index contributed by atoms with van der Waals surface area (Å²) in [7, 11) is -0.679. The van der Waals surface area contributed by atoms with Crippen LogP contribution in [0.5, 0.6) is 5.75 Å². The summed E-state index contributed by atoms with van der Waals surface area (Å²) < 4.78 is 34.0. The van der Waals surface area contributed by atoms with Crippen molar-refractivity contribution in [2.45, 2.75) is 49.3 Å². The Hall–Kier alpha value is -1.75. The van der Waals surface area contributed by atoms with Crippen LogP contribution in [-0.2, 0) is 18.8 Å². The minimum absolute atomic E-state index is 0.0462. The number of halogens is 2. The fourth-order valence-corrected chi connectivity index (χ4v) is 4.74. The third-order valence-electron chi connectivity index (χ3n) is 6.22. The molecule has 0 radical (unpaired) electrons. The summed E-state index contributed by atoms with van der Waals surface area (Å²) in [6, 6.07) is 3.90. The number of carbonyl (C=O) groups is 2. The van der Waals surface area contributed by atoms with Gasteiger partial charge in [-0.15, -0.1) is 0 Å². The van der Waals surface area contributed by atoms with Gasteiger partial charge in [0.05, 0.1) is 17.2 Å². The minimum atomic E-state index is -2.53. The molecule has 0 aromatic heterocycles. The van der Waals surface area contributed by atoms with Crippen molar-refractivity contribution >= 4 is 32.3 Å². The van der Waals surface area contributed by atoms with Gasteiger partial charge in [-0.1, -0.05) is 11.6 Å². The quantitative estimate of drug-likeness (QED) is 0.213. The summed E-state index contributed by atoms with van der Waals surface area (Å²) in [6.07, 6.45) is 1.62. The van der Waals surface area contributed by atoms with E-state index in [2.05, 4.69) is 15.2 Å². The first-order valence-corrected chi connectivity index (χ1v) is 11.9. The number of hydrogen-bond donors (Lipinski definition) is 4. The normalized spacial score (nSPS) is 26.2. The van der Waals surface area contributed by atoms with Gasteiger partial charge in [-0.05, 0) is 44.9 Å². The molecule has 3 aliphatic rings. The van der Waals surface area contributed by atoms with Gasteiger partial charge in [0.1, 0.15) is 24.3 Å². The molecule has 3 saturated carbocycles. The molecule has 3 fully saturated rings. The minimum Gasteiger partial charge on any atom is -0.484 e. The van der Waals surface area contributed by atoms with Crippen LogP contribution in [-0.4, -0.2) is 65.9 Å². The number of hydrogen-bond acceptors (Lipinski definition) is 9. The van der Waals surface area contributed by atoms with Crippen LogP contribution in [0, 0.1) is 5.82 Å². The fourth-order valence-electron chi connectivity index (χ4n) is 4.39. The summed E-state index contributed by atoms with van der Waals surface area (Å²) in [5.74, 6) is -0.916. The smallest absolute Gasteiger partial charge is 0.484 e. The van der Waals surface area contributed by atoms with Crippen molar-refractivity contribution in [1.29, 1.82) is 0 Å². The Morgan fingerprint density at radius 3 is 2.61 bits per heavy atom. The van der Waals surface area contributed by atoms with Gasteiger partial charge in [0.15, 0.2) is 6.61 Å². The Balaban J connectivity index is 1.60. The first kappa shape index (κ1) is 25.9. The van der Waals surface area contributed by atoms with E-state index < -0.39 is 38.1 Å². The molecule has 13 heteroatoms. The van der Waals surface area contributed by atoms with E-state index in [-0.39, 0.29) is 36.1 Å². The Kier molecular flexibility index (Phi) is 8.71. The van der Waals surface area contributed by atoms with Crippen LogP contribution < -0.4 is 15.4 Å². The first-order chi connectivity index (χ1) is 15.7. The second kappa shape index (κ2) is 11.1. The molecule has 184 valence electrons. The van der Waals surface area contributed by atoms with Crippen molar-refractivity contribution in [1.82, 2.24) is 10.6 Å². The number of fused-ring (bicyclic) bond motifs is 3. The molecule has 10 nitrogen and oxygen atoms in total. The molecule has 1 unspecified atom stereocenters.